The number of ether oxygens (including phenoxy) is 1. The molecule has 0 spiro atoms. The molecule has 0 atom stereocenters. The highest BCUT2D eigenvalue weighted by Gasteiger charge is 2.04. The molecule has 0 unspecified atom stereocenters. The number of nitrogens with zero attached hydrogens (tertiary/aromatic N) is 2. The fourth-order valence-corrected chi connectivity index (χ4v) is 2.52. The van der Waals surface area contributed by atoms with Crippen molar-refractivity contribution in [3.8, 4) is 5.75 Å². The Kier molecular flexibility index (Phi) is 5.36. The lowest BCUT2D eigenvalue weighted by Crippen LogP contribution is -2.02. The minimum absolute atomic E-state index is 0.510. The quantitative estimate of drug-likeness (QED) is 0.627. The van der Waals surface area contributed by atoms with E-state index < -0.39 is 0 Å². The summed E-state index contributed by atoms with van der Waals surface area (Å²) in [4.78, 5) is 8.92. The number of aryl methyl sites for hydroxylation is 1. The summed E-state index contributed by atoms with van der Waals surface area (Å²) < 4.78 is 5.45. The molecule has 0 saturated heterocycles. The minimum atomic E-state index is 0.510. The lowest BCUT2D eigenvalue weighted by atomic mass is 10.3. The van der Waals surface area contributed by atoms with Crippen LogP contribution in [0.4, 0.5) is 23.1 Å². The molecule has 0 bridgehead atoms. The van der Waals surface area contributed by atoms with E-state index in [-0.39, 0.29) is 0 Å². The monoisotopic (exact) mass is 354 g/mol. The first-order valence-corrected chi connectivity index (χ1v) is 8.38. The van der Waals surface area contributed by atoms with Crippen molar-refractivity contribution in [1.29, 1.82) is 0 Å². The SMILES string of the molecule is CCOc1ccc(Nc2cc(C)nc(Nc3cccc(Cl)c3)n2)cc1. The summed E-state index contributed by atoms with van der Waals surface area (Å²) in [6.45, 7) is 4.54. The van der Waals surface area contributed by atoms with Gasteiger partial charge in [0.15, 0.2) is 0 Å². The van der Waals surface area contributed by atoms with Crippen molar-refractivity contribution in [2.45, 2.75) is 13.8 Å². The van der Waals surface area contributed by atoms with Crippen LogP contribution in [0.5, 0.6) is 5.75 Å². The maximum Gasteiger partial charge on any atom is 0.229 e. The smallest absolute Gasteiger partial charge is 0.229 e. The molecule has 128 valence electrons. The second-order valence-electron chi connectivity index (χ2n) is 5.44. The molecular formula is C19H19ClN4O. The third kappa shape index (κ3) is 4.84. The number of hydrogen-bond acceptors (Lipinski definition) is 5. The number of rotatable bonds is 6. The van der Waals surface area contributed by atoms with Gasteiger partial charge in [-0.05, 0) is 56.3 Å². The Labute approximate surface area is 152 Å². The summed E-state index contributed by atoms with van der Waals surface area (Å²) in [6.07, 6.45) is 0. The number of aromatic nitrogens is 2. The van der Waals surface area contributed by atoms with Crippen LogP contribution in [-0.4, -0.2) is 16.6 Å². The summed E-state index contributed by atoms with van der Waals surface area (Å²) in [5.41, 5.74) is 2.62. The summed E-state index contributed by atoms with van der Waals surface area (Å²) in [5.74, 6) is 2.06. The molecule has 0 fully saturated rings. The lowest BCUT2D eigenvalue weighted by molar-refractivity contribution is 0.340. The predicted octanol–water partition coefficient (Wildman–Crippen LogP) is 5.32. The first-order valence-electron chi connectivity index (χ1n) is 8.00. The summed E-state index contributed by atoms with van der Waals surface area (Å²) in [5, 5.41) is 7.11. The van der Waals surface area contributed by atoms with Crippen LogP contribution in [0.2, 0.25) is 5.02 Å². The molecule has 0 aliphatic heterocycles. The van der Waals surface area contributed by atoms with E-state index in [1.165, 1.54) is 0 Å². The predicted molar refractivity (Wildman–Crippen MR) is 102 cm³/mol. The van der Waals surface area contributed by atoms with Crippen molar-refractivity contribution < 1.29 is 4.74 Å². The Bertz CT molecular complexity index is 852. The van der Waals surface area contributed by atoms with Gasteiger partial charge in [-0.3, -0.25) is 0 Å². The second kappa shape index (κ2) is 7.85. The molecule has 0 amide bonds. The minimum Gasteiger partial charge on any atom is -0.494 e. The van der Waals surface area contributed by atoms with Gasteiger partial charge in [0, 0.05) is 28.2 Å². The first-order chi connectivity index (χ1) is 12.1. The van der Waals surface area contributed by atoms with E-state index in [4.69, 9.17) is 16.3 Å². The topological polar surface area (TPSA) is 59.1 Å². The summed E-state index contributed by atoms with van der Waals surface area (Å²) >= 11 is 6.01. The standard InChI is InChI=1S/C19H19ClN4O/c1-3-25-17-9-7-15(8-10-17)22-18-11-13(2)21-19(24-18)23-16-6-4-5-14(20)12-16/h4-12H,3H2,1-2H3,(H2,21,22,23,24). The van der Waals surface area contributed by atoms with Gasteiger partial charge in [-0.15, -0.1) is 0 Å². The molecule has 1 aromatic heterocycles. The van der Waals surface area contributed by atoms with Crippen LogP contribution in [0.25, 0.3) is 0 Å². The van der Waals surface area contributed by atoms with Gasteiger partial charge < -0.3 is 15.4 Å². The lowest BCUT2D eigenvalue weighted by Gasteiger charge is -2.11. The molecule has 0 aliphatic rings. The van der Waals surface area contributed by atoms with Crippen LogP contribution in [0.15, 0.2) is 54.6 Å². The first kappa shape index (κ1) is 17.0. The van der Waals surface area contributed by atoms with Crippen LogP contribution < -0.4 is 15.4 Å². The molecule has 1 heterocycles. The zero-order valence-electron chi connectivity index (χ0n) is 14.1. The molecular weight excluding hydrogens is 336 g/mol. The van der Waals surface area contributed by atoms with Crippen LogP contribution >= 0.6 is 11.6 Å². The zero-order valence-corrected chi connectivity index (χ0v) is 14.8. The van der Waals surface area contributed by atoms with Gasteiger partial charge in [0.2, 0.25) is 5.95 Å². The number of nitrogens with one attached hydrogen (secondary N) is 2. The molecule has 2 N–H and O–H groups in total. The Balaban J connectivity index is 1.77. The number of halogens is 1. The highest BCUT2D eigenvalue weighted by molar-refractivity contribution is 6.30. The van der Waals surface area contributed by atoms with E-state index in [0.717, 1.165) is 22.8 Å². The van der Waals surface area contributed by atoms with Crippen molar-refractivity contribution in [2.24, 2.45) is 0 Å². The van der Waals surface area contributed by atoms with E-state index in [2.05, 4.69) is 20.6 Å². The van der Waals surface area contributed by atoms with E-state index in [1.54, 1.807) is 0 Å². The Morgan fingerprint density at radius 3 is 2.48 bits per heavy atom. The van der Waals surface area contributed by atoms with Crippen LogP contribution in [0.3, 0.4) is 0 Å². The number of benzene rings is 2. The number of anilines is 4. The van der Waals surface area contributed by atoms with Gasteiger partial charge in [0.25, 0.3) is 0 Å². The van der Waals surface area contributed by atoms with Gasteiger partial charge in [-0.25, -0.2) is 4.98 Å². The van der Waals surface area contributed by atoms with Crippen molar-refractivity contribution >= 4 is 34.7 Å². The fraction of sp³-hybridized carbons (Fsp3) is 0.158. The van der Waals surface area contributed by atoms with E-state index >= 15 is 0 Å². The maximum absolute atomic E-state index is 6.01. The largest absolute Gasteiger partial charge is 0.494 e. The molecule has 25 heavy (non-hydrogen) atoms. The van der Waals surface area contributed by atoms with Gasteiger partial charge in [-0.2, -0.15) is 4.98 Å². The Morgan fingerprint density at radius 1 is 0.960 bits per heavy atom. The van der Waals surface area contributed by atoms with Gasteiger partial charge in [0.05, 0.1) is 6.61 Å². The fourth-order valence-electron chi connectivity index (χ4n) is 2.33. The van der Waals surface area contributed by atoms with Crippen molar-refractivity contribution in [2.75, 3.05) is 17.2 Å². The molecule has 3 rings (SSSR count). The molecule has 2 aromatic carbocycles. The Morgan fingerprint density at radius 2 is 1.76 bits per heavy atom. The highest BCUT2D eigenvalue weighted by Crippen LogP contribution is 2.22. The van der Waals surface area contributed by atoms with Crippen LogP contribution in [0.1, 0.15) is 12.6 Å². The molecule has 5 nitrogen and oxygen atoms in total. The molecule has 0 radical (unpaired) electrons. The van der Waals surface area contributed by atoms with E-state index in [9.17, 15) is 0 Å². The van der Waals surface area contributed by atoms with Gasteiger partial charge in [0.1, 0.15) is 11.6 Å². The van der Waals surface area contributed by atoms with Gasteiger partial charge >= 0.3 is 0 Å². The van der Waals surface area contributed by atoms with E-state index in [1.807, 2.05) is 68.4 Å². The maximum atomic E-state index is 6.01. The van der Waals surface area contributed by atoms with E-state index in [0.29, 0.717) is 23.4 Å². The van der Waals surface area contributed by atoms with Crippen LogP contribution in [-0.2, 0) is 0 Å². The van der Waals surface area contributed by atoms with Crippen molar-refractivity contribution in [3.05, 3.63) is 65.3 Å². The number of hydrogen-bond donors (Lipinski definition) is 2. The molecule has 3 aromatic rings. The highest BCUT2D eigenvalue weighted by atomic mass is 35.5. The third-order valence-electron chi connectivity index (χ3n) is 3.37. The zero-order chi connectivity index (χ0) is 17.6. The third-order valence-corrected chi connectivity index (χ3v) is 3.61. The van der Waals surface area contributed by atoms with Crippen molar-refractivity contribution in [1.82, 2.24) is 9.97 Å². The van der Waals surface area contributed by atoms with Gasteiger partial charge in [-0.1, -0.05) is 17.7 Å². The summed E-state index contributed by atoms with van der Waals surface area (Å²) in [6, 6.07) is 17.1. The average Bonchev–Trinajstić information content (AvgIpc) is 2.56. The second-order valence-corrected chi connectivity index (χ2v) is 5.87. The molecule has 0 saturated carbocycles. The summed E-state index contributed by atoms with van der Waals surface area (Å²) in [7, 11) is 0. The molecule has 6 heteroatoms. The van der Waals surface area contributed by atoms with Crippen LogP contribution in [0, 0.1) is 6.92 Å². The van der Waals surface area contributed by atoms with Crippen molar-refractivity contribution in [3.63, 3.8) is 0 Å². The Hall–Kier alpha value is -2.79. The molecule has 0 aliphatic carbocycles. The average molecular weight is 355 g/mol. The normalized spacial score (nSPS) is 10.4.